The molecule has 1 aromatic carbocycles. The number of nitriles is 1. The summed E-state index contributed by atoms with van der Waals surface area (Å²) in [6.07, 6.45) is 0.800. The number of nitrogens with two attached hydrogens (primary N) is 1. The molecule has 3 N–H and O–H groups in total. The number of carbonyl (C=O) groups excluding carboxylic acids is 1. The van der Waals surface area contributed by atoms with Crippen molar-refractivity contribution in [1.29, 1.82) is 5.26 Å². The van der Waals surface area contributed by atoms with Crippen LogP contribution < -0.4 is 11.1 Å². The number of hydrogen-bond donors (Lipinski definition) is 2. The molecule has 1 heterocycles. The number of anilines is 1. The van der Waals surface area contributed by atoms with Gasteiger partial charge in [0.25, 0.3) is 0 Å². The molecule has 0 spiro atoms. The summed E-state index contributed by atoms with van der Waals surface area (Å²) >= 11 is 5.96. The highest BCUT2D eigenvalue weighted by Crippen LogP contribution is 2.24. The monoisotopic (exact) mass is 316 g/mol. The number of pyridine rings is 1. The summed E-state index contributed by atoms with van der Waals surface area (Å²) in [6.45, 7) is 3.92. The summed E-state index contributed by atoms with van der Waals surface area (Å²) in [5.74, 6) is 0.0760. The number of amides is 1. The minimum atomic E-state index is -0.534. The van der Waals surface area contributed by atoms with Crippen molar-refractivity contribution in [3.63, 3.8) is 0 Å². The fourth-order valence-corrected chi connectivity index (χ4v) is 2.43. The van der Waals surface area contributed by atoms with Crippen LogP contribution in [0.15, 0.2) is 24.3 Å². The SMILES string of the molecule is CCC(C)C(Nc1cc(C#N)c2cc(Cl)ccc2n1)C(N)=O. The second-order valence-electron chi connectivity index (χ2n) is 5.24. The lowest BCUT2D eigenvalue weighted by Crippen LogP contribution is -2.40. The third kappa shape index (κ3) is 3.29. The van der Waals surface area contributed by atoms with E-state index >= 15 is 0 Å². The van der Waals surface area contributed by atoms with Gasteiger partial charge in [0.2, 0.25) is 5.91 Å². The van der Waals surface area contributed by atoms with Crippen LogP contribution in [-0.4, -0.2) is 16.9 Å². The topological polar surface area (TPSA) is 91.8 Å². The van der Waals surface area contributed by atoms with Crippen LogP contribution >= 0.6 is 11.6 Å². The Hall–Kier alpha value is -2.32. The van der Waals surface area contributed by atoms with Gasteiger partial charge >= 0.3 is 0 Å². The van der Waals surface area contributed by atoms with E-state index in [1.54, 1.807) is 24.3 Å². The van der Waals surface area contributed by atoms with Crippen molar-refractivity contribution in [2.45, 2.75) is 26.3 Å². The number of benzene rings is 1. The van der Waals surface area contributed by atoms with Gasteiger partial charge in [-0.15, -0.1) is 0 Å². The molecule has 0 saturated carbocycles. The lowest BCUT2D eigenvalue weighted by atomic mass is 9.98. The zero-order chi connectivity index (χ0) is 16.3. The zero-order valence-electron chi connectivity index (χ0n) is 12.4. The Morgan fingerprint density at radius 3 is 2.82 bits per heavy atom. The molecule has 114 valence electrons. The molecule has 22 heavy (non-hydrogen) atoms. The van der Waals surface area contributed by atoms with Crippen LogP contribution in [0.25, 0.3) is 10.9 Å². The number of primary amides is 1. The van der Waals surface area contributed by atoms with Crippen LogP contribution in [0.5, 0.6) is 0 Å². The van der Waals surface area contributed by atoms with E-state index in [1.165, 1.54) is 0 Å². The molecule has 0 aliphatic heterocycles. The number of nitrogens with one attached hydrogen (secondary N) is 1. The van der Waals surface area contributed by atoms with E-state index in [4.69, 9.17) is 17.3 Å². The average Bonchev–Trinajstić information content (AvgIpc) is 2.51. The van der Waals surface area contributed by atoms with Gasteiger partial charge in [-0.25, -0.2) is 4.98 Å². The van der Waals surface area contributed by atoms with Gasteiger partial charge in [0.1, 0.15) is 11.9 Å². The highest BCUT2D eigenvalue weighted by molar-refractivity contribution is 6.31. The Morgan fingerprint density at radius 2 is 2.23 bits per heavy atom. The molecule has 5 nitrogen and oxygen atoms in total. The van der Waals surface area contributed by atoms with Gasteiger partial charge in [-0.1, -0.05) is 31.9 Å². The molecule has 0 saturated heterocycles. The number of nitrogens with zero attached hydrogens (tertiary/aromatic N) is 2. The number of hydrogen-bond acceptors (Lipinski definition) is 4. The van der Waals surface area contributed by atoms with Crippen LogP contribution in [0.4, 0.5) is 5.82 Å². The smallest absolute Gasteiger partial charge is 0.240 e. The Morgan fingerprint density at radius 1 is 1.50 bits per heavy atom. The molecular weight excluding hydrogens is 300 g/mol. The van der Waals surface area contributed by atoms with Crippen molar-refractivity contribution >= 4 is 34.2 Å². The average molecular weight is 317 g/mol. The summed E-state index contributed by atoms with van der Waals surface area (Å²) in [6, 6.07) is 8.36. The van der Waals surface area contributed by atoms with Crippen molar-refractivity contribution in [2.24, 2.45) is 11.7 Å². The fourth-order valence-electron chi connectivity index (χ4n) is 2.25. The molecule has 2 aromatic rings. The van der Waals surface area contributed by atoms with Crippen LogP contribution in [0.3, 0.4) is 0 Å². The maximum Gasteiger partial charge on any atom is 0.240 e. The largest absolute Gasteiger partial charge is 0.368 e. The zero-order valence-corrected chi connectivity index (χ0v) is 13.2. The summed E-state index contributed by atoms with van der Waals surface area (Å²) in [5, 5.41) is 13.6. The Balaban J connectivity index is 2.46. The van der Waals surface area contributed by atoms with Gasteiger partial charge in [-0.2, -0.15) is 5.26 Å². The number of halogens is 1. The minimum absolute atomic E-state index is 0.0609. The molecule has 2 atom stereocenters. The van der Waals surface area contributed by atoms with Crippen LogP contribution in [-0.2, 0) is 4.79 Å². The molecule has 6 heteroatoms. The molecule has 0 aliphatic carbocycles. The van der Waals surface area contributed by atoms with Gasteiger partial charge in [-0.05, 0) is 30.2 Å². The number of rotatable bonds is 5. The highest BCUT2D eigenvalue weighted by atomic mass is 35.5. The van der Waals surface area contributed by atoms with Crippen molar-refractivity contribution < 1.29 is 4.79 Å². The minimum Gasteiger partial charge on any atom is -0.368 e. The van der Waals surface area contributed by atoms with Crippen LogP contribution in [0, 0.1) is 17.2 Å². The van der Waals surface area contributed by atoms with E-state index in [0.717, 1.165) is 6.42 Å². The summed E-state index contributed by atoms with van der Waals surface area (Å²) in [4.78, 5) is 16.1. The van der Waals surface area contributed by atoms with Crippen LogP contribution in [0.2, 0.25) is 5.02 Å². The second kappa shape index (κ2) is 6.63. The quantitative estimate of drug-likeness (QED) is 0.886. The molecule has 2 rings (SSSR count). The third-order valence-corrected chi connectivity index (χ3v) is 3.95. The third-order valence-electron chi connectivity index (χ3n) is 3.71. The first-order chi connectivity index (χ1) is 10.5. The summed E-state index contributed by atoms with van der Waals surface area (Å²) in [5.41, 5.74) is 6.54. The van der Waals surface area contributed by atoms with E-state index in [0.29, 0.717) is 27.3 Å². The second-order valence-corrected chi connectivity index (χ2v) is 5.67. The molecule has 0 aliphatic rings. The van der Waals surface area contributed by atoms with Gasteiger partial charge in [0.05, 0.1) is 17.1 Å². The maximum atomic E-state index is 11.6. The van der Waals surface area contributed by atoms with E-state index < -0.39 is 11.9 Å². The van der Waals surface area contributed by atoms with E-state index in [2.05, 4.69) is 16.4 Å². The lowest BCUT2D eigenvalue weighted by molar-refractivity contribution is -0.119. The van der Waals surface area contributed by atoms with E-state index in [-0.39, 0.29) is 5.92 Å². The van der Waals surface area contributed by atoms with E-state index in [9.17, 15) is 10.1 Å². The van der Waals surface area contributed by atoms with Crippen molar-refractivity contribution in [1.82, 2.24) is 4.98 Å². The van der Waals surface area contributed by atoms with Crippen molar-refractivity contribution in [2.75, 3.05) is 5.32 Å². The standard InChI is InChI=1S/C16H17ClN4O/c1-3-9(2)15(16(19)22)21-14-6-10(8-18)12-7-11(17)4-5-13(12)20-14/h4-7,9,15H,3H2,1-2H3,(H2,19,22)(H,20,21). The molecule has 0 bridgehead atoms. The molecule has 0 radical (unpaired) electrons. The van der Waals surface area contributed by atoms with Crippen molar-refractivity contribution in [3.8, 4) is 6.07 Å². The van der Waals surface area contributed by atoms with E-state index in [1.807, 2.05) is 13.8 Å². The highest BCUT2D eigenvalue weighted by Gasteiger charge is 2.22. The number of aromatic nitrogens is 1. The normalized spacial score (nSPS) is 13.4. The van der Waals surface area contributed by atoms with Crippen molar-refractivity contribution in [3.05, 3.63) is 34.9 Å². The predicted molar refractivity (Wildman–Crippen MR) is 87.5 cm³/mol. The first-order valence-corrected chi connectivity index (χ1v) is 7.40. The summed E-state index contributed by atoms with van der Waals surface area (Å²) in [7, 11) is 0. The van der Waals surface area contributed by atoms with Gasteiger partial charge < -0.3 is 11.1 Å². The molecule has 2 unspecified atom stereocenters. The first-order valence-electron chi connectivity index (χ1n) is 7.02. The van der Waals surface area contributed by atoms with Gasteiger partial charge in [-0.3, -0.25) is 4.79 Å². The van der Waals surface area contributed by atoms with Gasteiger partial charge in [0.15, 0.2) is 0 Å². The molecule has 0 fully saturated rings. The Kier molecular flexibility index (Phi) is 4.84. The van der Waals surface area contributed by atoms with Gasteiger partial charge in [0, 0.05) is 10.4 Å². The Bertz CT molecular complexity index is 754. The molecule has 1 aromatic heterocycles. The predicted octanol–water partition coefficient (Wildman–Crippen LogP) is 3.07. The fraction of sp³-hybridized carbons (Fsp3) is 0.312. The maximum absolute atomic E-state index is 11.6. The molecular formula is C16H17ClN4O. The summed E-state index contributed by atoms with van der Waals surface area (Å²) < 4.78 is 0. The molecule has 1 amide bonds. The van der Waals surface area contributed by atoms with Crippen LogP contribution in [0.1, 0.15) is 25.8 Å². The number of fused-ring (bicyclic) bond motifs is 1. The number of carbonyl (C=O) groups is 1. The Labute approximate surface area is 134 Å². The lowest BCUT2D eigenvalue weighted by Gasteiger charge is -2.22. The first kappa shape index (κ1) is 16.1.